The average molecular weight is 685 g/mol. The number of rotatable bonds is 10. The molecule has 0 aliphatic rings. The van der Waals surface area contributed by atoms with Gasteiger partial charge in [-0.05, 0) is 149 Å². The molecule has 5 nitrogen and oxygen atoms in total. The molecule has 0 aliphatic carbocycles. The highest BCUT2D eigenvalue weighted by Crippen LogP contribution is 2.28. The van der Waals surface area contributed by atoms with Crippen molar-refractivity contribution in [3.05, 3.63) is 203 Å². The van der Waals surface area contributed by atoms with Crippen molar-refractivity contribution in [3.8, 4) is 46.0 Å². The molecule has 258 valence electrons. The Morgan fingerprint density at radius 2 is 0.423 bits per heavy atom. The quantitative estimate of drug-likeness (QED) is 0.134. The molecule has 0 amide bonds. The van der Waals surface area contributed by atoms with Crippen molar-refractivity contribution in [2.75, 3.05) is 0 Å². The van der Waals surface area contributed by atoms with E-state index in [0.29, 0.717) is 22.6 Å². The molecule has 0 N–H and O–H groups in total. The van der Waals surface area contributed by atoms with Gasteiger partial charge in [-0.2, -0.15) is 0 Å². The summed E-state index contributed by atoms with van der Waals surface area (Å²) in [5.74, 6) is 6.12. The first-order chi connectivity index (χ1) is 25.3. The number of carbonyl (C=O) groups is 1. The van der Waals surface area contributed by atoms with Gasteiger partial charge in [0.1, 0.15) is 46.0 Å². The fourth-order valence-corrected chi connectivity index (χ4v) is 5.06. The summed E-state index contributed by atoms with van der Waals surface area (Å²) in [6, 6.07) is 53.7. The predicted octanol–water partition coefficient (Wildman–Crippen LogP) is 13.0. The highest BCUT2D eigenvalue weighted by Gasteiger charge is 2.10. The lowest BCUT2D eigenvalue weighted by Gasteiger charge is -2.08. The highest BCUT2D eigenvalue weighted by atomic mass is 16.5. The van der Waals surface area contributed by atoms with Crippen molar-refractivity contribution < 1.29 is 23.7 Å². The van der Waals surface area contributed by atoms with Crippen molar-refractivity contribution in [3.63, 3.8) is 0 Å². The fraction of sp³-hybridized carbons (Fsp3) is 0.0851. The van der Waals surface area contributed by atoms with Crippen LogP contribution in [0.4, 0.5) is 0 Å². The van der Waals surface area contributed by atoms with Gasteiger partial charge in [0.05, 0.1) is 0 Å². The topological polar surface area (TPSA) is 54.0 Å². The molecule has 0 radical (unpaired) electrons. The molecule has 0 aromatic heterocycles. The van der Waals surface area contributed by atoms with Gasteiger partial charge in [0, 0.05) is 11.1 Å². The number of benzene rings is 7. The van der Waals surface area contributed by atoms with Crippen LogP contribution in [0.2, 0.25) is 0 Å². The molecule has 0 spiro atoms. The number of hydrogen-bond donors (Lipinski definition) is 0. The number of aryl methyl sites for hydroxylation is 4. The first-order valence-electron chi connectivity index (χ1n) is 17.1. The van der Waals surface area contributed by atoms with Crippen LogP contribution < -0.4 is 18.9 Å². The van der Waals surface area contributed by atoms with Gasteiger partial charge in [-0.15, -0.1) is 0 Å². The van der Waals surface area contributed by atoms with E-state index in [1.165, 1.54) is 22.3 Å². The largest absolute Gasteiger partial charge is 0.457 e. The number of hydrogen-bond acceptors (Lipinski definition) is 5. The summed E-state index contributed by atoms with van der Waals surface area (Å²) in [5, 5.41) is 0. The van der Waals surface area contributed by atoms with E-state index in [9.17, 15) is 4.79 Å². The molecule has 7 aromatic rings. The smallest absolute Gasteiger partial charge is 0.193 e. The molecule has 0 bridgehead atoms. The monoisotopic (exact) mass is 684 g/mol. The summed E-state index contributed by atoms with van der Waals surface area (Å²) in [5.41, 5.74) is 6.01. The third-order valence-electron chi connectivity index (χ3n) is 8.08. The zero-order chi connectivity index (χ0) is 36.3. The zero-order valence-corrected chi connectivity index (χ0v) is 29.7. The molecule has 0 saturated heterocycles. The van der Waals surface area contributed by atoms with Crippen molar-refractivity contribution in [2.24, 2.45) is 0 Å². The first kappa shape index (κ1) is 35.2. The fourth-order valence-electron chi connectivity index (χ4n) is 5.06. The third kappa shape index (κ3) is 10.2. The predicted molar refractivity (Wildman–Crippen MR) is 208 cm³/mol. The minimum absolute atomic E-state index is 0.0428. The second-order valence-corrected chi connectivity index (χ2v) is 12.5. The molecular weight excluding hydrogens is 645 g/mol. The van der Waals surface area contributed by atoms with Crippen LogP contribution in [-0.4, -0.2) is 5.78 Å². The number of ketones is 1. The van der Waals surface area contributed by atoms with Gasteiger partial charge in [-0.3, -0.25) is 4.79 Å². The Balaban J connectivity index is 0.000000187. The maximum Gasteiger partial charge on any atom is 0.193 e. The number of carbonyl (C=O) groups excluding carboxylic acids is 1. The van der Waals surface area contributed by atoms with Crippen LogP contribution in [0.15, 0.2) is 170 Å². The van der Waals surface area contributed by atoms with E-state index >= 15 is 0 Å². The lowest BCUT2D eigenvalue weighted by Crippen LogP contribution is -2.01. The van der Waals surface area contributed by atoms with Crippen LogP contribution >= 0.6 is 0 Å². The molecular formula is C47H40O5. The SMILES string of the molecule is Cc1ccc(Oc2ccc(C(=O)c3ccc(Oc4ccc(C)cc4)cc3)cc2)cc1.Cc1ccc(Oc2ccc(Oc3ccc(C)cc3)cc2)cc1. The third-order valence-corrected chi connectivity index (χ3v) is 8.08. The zero-order valence-electron chi connectivity index (χ0n) is 29.7. The Bertz CT molecular complexity index is 2010. The van der Waals surface area contributed by atoms with E-state index in [-0.39, 0.29) is 5.78 Å². The van der Waals surface area contributed by atoms with Crippen LogP contribution in [-0.2, 0) is 0 Å². The molecule has 0 atom stereocenters. The van der Waals surface area contributed by atoms with Gasteiger partial charge in [-0.1, -0.05) is 70.8 Å². The van der Waals surface area contributed by atoms with Crippen LogP contribution in [0.5, 0.6) is 46.0 Å². The summed E-state index contributed by atoms with van der Waals surface area (Å²) in [7, 11) is 0. The molecule has 0 saturated carbocycles. The van der Waals surface area contributed by atoms with E-state index in [1.54, 1.807) is 24.3 Å². The summed E-state index contributed by atoms with van der Waals surface area (Å²) in [4.78, 5) is 12.8. The summed E-state index contributed by atoms with van der Waals surface area (Å²) >= 11 is 0. The molecule has 0 heterocycles. The Morgan fingerprint density at radius 3 is 0.615 bits per heavy atom. The van der Waals surface area contributed by atoms with E-state index in [2.05, 4.69) is 13.8 Å². The Hall–Kier alpha value is -6.59. The summed E-state index contributed by atoms with van der Waals surface area (Å²) < 4.78 is 23.2. The van der Waals surface area contributed by atoms with Crippen molar-refractivity contribution in [2.45, 2.75) is 27.7 Å². The van der Waals surface area contributed by atoms with Gasteiger partial charge >= 0.3 is 0 Å². The first-order valence-corrected chi connectivity index (χ1v) is 17.1. The molecule has 5 heteroatoms. The Morgan fingerprint density at radius 1 is 0.269 bits per heavy atom. The van der Waals surface area contributed by atoms with Crippen LogP contribution in [0.1, 0.15) is 38.2 Å². The molecule has 7 aromatic carbocycles. The molecule has 0 aliphatic heterocycles. The second kappa shape index (κ2) is 16.9. The van der Waals surface area contributed by atoms with E-state index in [1.807, 2.05) is 159 Å². The minimum atomic E-state index is -0.0428. The summed E-state index contributed by atoms with van der Waals surface area (Å²) in [6.45, 7) is 8.18. The lowest BCUT2D eigenvalue weighted by molar-refractivity contribution is 0.103. The van der Waals surface area contributed by atoms with E-state index in [4.69, 9.17) is 18.9 Å². The molecule has 0 fully saturated rings. The van der Waals surface area contributed by atoms with E-state index < -0.39 is 0 Å². The van der Waals surface area contributed by atoms with Crippen LogP contribution in [0.3, 0.4) is 0 Å². The van der Waals surface area contributed by atoms with Crippen molar-refractivity contribution in [1.82, 2.24) is 0 Å². The van der Waals surface area contributed by atoms with Gasteiger partial charge in [0.15, 0.2) is 5.78 Å². The van der Waals surface area contributed by atoms with Gasteiger partial charge in [0.25, 0.3) is 0 Å². The van der Waals surface area contributed by atoms with Crippen LogP contribution in [0.25, 0.3) is 0 Å². The number of ether oxygens (including phenoxy) is 4. The average Bonchev–Trinajstić information content (AvgIpc) is 3.17. The van der Waals surface area contributed by atoms with Crippen molar-refractivity contribution in [1.29, 1.82) is 0 Å². The standard InChI is InChI=1S/C27H22O3.C20H18O2/c1-19-3-11-23(12-4-19)29-25-15-7-21(8-16-25)27(28)22-9-17-26(18-10-22)30-24-13-5-20(2)6-14-24;1-15-3-7-17(8-4-15)21-19-11-13-20(14-12-19)22-18-9-5-16(2)6-10-18/h3-18H,1-2H3;3-14H,1-2H3. The van der Waals surface area contributed by atoms with Crippen LogP contribution in [0, 0.1) is 27.7 Å². The van der Waals surface area contributed by atoms with Gasteiger partial charge in [-0.25, -0.2) is 0 Å². The maximum absolute atomic E-state index is 12.8. The molecule has 52 heavy (non-hydrogen) atoms. The van der Waals surface area contributed by atoms with E-state index in [0.717, 1.165) is 34.5 Å². The minimum Gasteiger partial charge on any atom is -0.457 e. The highest BCUT2D eigenvalue weighted by molar-refractivity contribution is 6.09. The lowest BCUT2D eigenvalue weighted by atomic mass is 10.0. The van der Waals surface area contributed by atoms with Gasteiger partial charge < -0.3 is 18.9 Å². The Labute approximate surface area is 305 Å². The normalized spacial score (nSPS) is 10.4. The second-order valence-electron chi connectivity index (χ2n) is 12.5. The summed E-state index contributed by atoms with van der Waals surface area (Å²) in [6.07, 6.45) is 0. The van der Waals surface area contributed by atoms with Crippen molar-refractivity contribution >= 4 is 5.78 Å². The maximum atomic E-state index is 12.8. The molecule has 7 rings (SSSR count). The molecule has 0 unspecified atom stereocenters. The van der Waals surface area contributed by atoms with Gasteiger partial charge in [0.2, 0.25) is 0 Å². The Kier molecular flexibility index (Phi) is 11.4.